The second kappa shape index (κ2) is 5.65. The highest BCUT2D eigenvalue weighted by atomic mass is 32.1. The van der Waals surface area contributed by atoms with Gasteiger partial charge in [0.25, 0.3) is 5.91 Å². The molecular weight excluding hydrogens is 284 g/mol. The molecule has 108 valence electrons. The Labute approximate surface area is 126 Å². The van der Waals surface area contributed by atoms with Gasteiger partial charge in [-0.3, -0.25) is 14.8 Å². The van der Waals surface area contributed by atoms with E-state index >= 15 is 0 Å². The number of aryl methyl sites for hydroxylation is 2. The third-order valence-electron chi connectivity index (χ3n) is 3.15. The van der Waals surface area contributed by atoms with Crippen LogP contribution in [0.2, 0.25) is 0 Å². The van der Waals surface area contributed by atoms with E-state index in [0.29, 0.717) is 10.8 Å². The van der Waals surface area contributed by atoms with E-state index in [-0.39, 0.29) is 5.91 Å². The van der Waals surface area contributed by atoms with Crippen molar-refractivity contribution >= 4 is 32.6 Å². The average Bonchev–Trinajstić information content (AvgIpc) is 3.04. The van der Waals surface area contributed by atoms with Gasteiger partial charge in [-0.05, 0) is 37.1 Å². The zero-order valence-electron chi connectivity index (χ0n) is 12.0. The van der Waals surface area contributed by atoms with Gasteiger partial charge in [0, 0.05) is 12.7 Å². The average molecular weight is 300 g/mol. The van der Waals surface area contributed by atoms with Crippen LogP contribution in [0.3, 0.4) is 0 Å². The summed E-state index contributed by atoms with van der Waals surface area (Å²) >= 11 is 1.48. The lowest BCUT2D eigenvalue weighted by Crippen LogP contribution is -2.17. The number of aromatic nitrogens is 3. The third kappa shape index (κ3) is 2.80. The number of hydrogen-bond donors (Lipinski definition) is 1. The molecule has 6 heteroatoms. The summed E-state index contributed by atoms with van der Waals surface area (Å²) in [4.78, 5) is 16.7. The monoisotopic (exact) mass is 300 g/mol. The maximum absolute atomic E-state index is 12.3. The summed E-state index contributed by atoms with van der Waals surface area (Å²) < 4.78 is 2.79. The molecule has 0 saturated heterocycles. The van der Waals surface area contributed by atoms with Gasteiger partial charge < -0.3 is 0 Å². The summed E-state index contributed by atoms with van der Waals surface area (Å²) in [5.41, 5.74) is 2.65. The zero-order chi connectivity index (χ0) is 14.8. The molecule has 21 heavy (non-hydrogen) atoms. The molecule has 0 unspecified atom stereocenters. The van der Waals surface area contributed by atoms with Crippen molar-refractivity contribution in [1.29, 1.82) is 0 Å². The fraction of sp³-hybridized carbons (Fsp3) is 0.267. The van der Waals surface area contributed by atoms with Crippen LogP contribution in [0.15, 0.2) is 30.5 Å². The van der Waals surface area contributed by atoms with Crippen LogP contribution in [0.25, 0.3) is 10.2 Å². The number of amides is 1. The fourth-order valence-corrected chi connectivity index (χ4v) is 3.12. The van der Waals surface area contributed by atoms with Crippen LogP contribution in [0.4, 0.5) is 5.13 Å². The molecule has 5 nitrogen and oxygen atoms in total. The molecule has 0 aliphatic heterocycles. The van der Waals surface area contributed by atoms with Crippen molar-refractivity contribution in [3.05, 3.63) is 41.7 Å². The molecule has 0 radical (unpaired) electrons. The number of carbonyl (C=O) groups excluding carboxylic acids is 1. The first-order valence-corrected chi connectivity index (χ1v) is 7.69. The molecule has 1 aromatic carbocycles. The molecule has 2 aromatic heterocycles. The smallest absolute Gasteiger partial charge is 0.275 e. The summed E-state index contributed by atoms with van der Waals surface area (Å²) in [5, 5.41) is 7.64. The van der Waals surface area contributed by atoms with Gasteiger partial charge in [0.2, 0.25) is 0 Å². The number of anilines is 1. The largest absolute Gasteiger partial charge is 0.296 e. The summed E-state index contributed by atoms with van der Waals surface area (Å²) in [6.07, 6.45) is 2.58. The maximum atomic E-state index is 12.3. The third-order valence-corrected chi connectivity index (χ3v) is 4.08. The van der Waals surface area contributed by atoms with Crippen molar-refractivity contribution in [2.24, 2.45) is 0 Å². The number of fused-ring (bicyclic) bond motifs is 1. The first-order chi connectivity index (χ1) is 10.2. The topological polar surface area (TPSA) is 59.8 Å². The minimum absolute atomic E-state index is 0.170. The lowest BCUT2D eigenvalue weighted by atomic mass is 10.2. The quantitative estimate of drug-likeness (QED) is 0.802. The van der Waals surface area contributed by atoms with Crippen molar-refractivity contribution in [1.82, 2.24) is 14.8 Å². The molecule has 0 saturated carbocycles. The van der Waals surface area contributed by atoms with Crippen LogP contribution in [-0.4, -0.2) is 20.7 Å². The number of benzene rings is 1. The molecule has 0 aliphatic carbocycles. The molecular formula is C15H16N4OS. The zero-order valence-corrected chi connectivity index (χ0v) is 12.8. The molecule has 0 bridgehead atoms. The highest BCUT2D eigenvalue weighted by Crippen LogP contribution is 2.26. The normalized spacial score (nSPS) is 11.0. The number of thiazole rings is 1. The SMILES string of the molecule is CCCn1nccc1C(=O)Nc1nc2ccc(C)cc2s1. The Kier molecular flexibility index (Phi) is 3.70. The maximum Gasteiger partial charge on any atom is 0.275 e. The van der Waals surface area contributed by atoms with Gasteiger partial charge in [-0.25, -0.2) is 4.98 Å². The number of hydrogen-bond acceptors (Lipinski definition) is 4. The second-order valence-corrected chi connectivity index (χ2v) is 5.91. The molecule has 0 fully saturated rings. The Morgan fingerprint density at radius 2 is 2.24 bits per heavy atom. The predicted molar refractivity (Wildman–Crippen MR) is 84.8 cm³/mol. The van der Waals surface area contributed by atoms with Crippen LogP contribution >= 0.6 is 11.3 Å². The van der Waals surface area contributed by atoms with Crippen molar-refractivity contribution < 1.29 is 4.79 Å². The second-order valence-electron chi connectivity index (χ2n) is 4.88. The van der Waals surface area contributed by atoms with Crippen molar-refractivity contribution in [2.75, 3.05) is 5.32 Å². The summed E-state index contributed by atoms with van der Waals surface area (Å²) in [7, 11) is 0. The minimum atomic E-state index is -0.170. The van der Waals surface area contributed by atoms with E-state index in [1.807, 2.05) is 19.1 Å². The molecule has 3 rings (SSSR count). The Balaban J connectivity index is 1.84. The van der Waals surface area contributed by atoms with Crippen molar-refractivity contribution in [3.8, 4) is 0 Å². The predicted octanol–water partition coefficient (Wildman–Crippen LogP) is 3.46. The molecule has 0 atom stereocenters. The van der Waals surface area contributed by atoms with Gasteiger partial charge in [-0.2, -0.15) is 5.10 Å². The molecule has 0 aliphatic rings. The van der Waals surface area contributed by atoms with Gasteiger partial charge in [-0.1, -0.05) is 24.3 Å². The Morgan fingerprint density at radius 3 is 3.05 bits per heavy atom. The van der Waals surface area contributed by atoms with E-state index in [0.717, 1.165) is 23.2 Å². The number of nitrogens with zero attached hydrogens (tertiary/aromatic N) is 3. The lowest BCUT2D eigenvalue weighted by Gasteiger charge is -2.05. The van der Waals surface area contributed by atoms with Crippen LogP contribution in [0.1, 0.15) is 29.4 Å². The minimum Gasteiger partial charge on any atom is -0.296 e. The van der Waals surface area contributed by atoms with Crippen molar-refractivity contribution in [2.45, 2.75) is 26.8 Å². The summed E-state index contributed by atoms with van der Waals surface area (Å²) in [5.74, 6) is -0.170. The highest BCUT2D eigenvalue weighted by molar-refractivity contribution is 7.22. The summed E-state index contributed by atoms with van der Waals surface area (Å²) in [6, 6.07) is 7.79. The Morgan fingerprint density at radius 1 is 1.38 bits per heavy atom. The number of carbonyl (C=O) groups is 1. The van der Waals surface area contributed by atoms with Gasteiger partial charge in [0.15, 0.2) is 5.13 Å². The van der Waals surface area contributed by atoms with Crippen molar-refractivity contribution in [3.63, 3.8) is 0 Å². The molecule has 3 aromatic rings. The highest BCUT2D eigenvalue weighted by Gasteiger charge is 2.14. The molecule has 2 heterocycles. The Hall–Kier alpha value is -2.21. The van der Waals surface area contributed by atoms with Gasteiger partial charge in [0.1, 0.15) is 5.69 Å². The van der Waals surface area contributed by atoms with E-state index in [1.165, 1.54) is 16.9 Å². The molecule has 1 N–H and O–H groups in total. The Bertz CT molecular complexity index is 790. The molecule has 0 spiro atoms. The van der Waals surface area contributed by atoms with Crippen LogP contribution in [0, 0.1) is 6.92 Å². The number of nitrogens with one attached hydrogen (secondary N) is 1. The summed E-state index contributed by atoms with van der Waals surface area (Å²) in [6.45, 7) is 4.83. The van der Waals surface area contributed by atoms with Crippen LogP contribution in [0.5, 0.6) is 0 Å². The van der Waals surface area contributed by atoms with E-state index in [9.17, 15) is 4.79 Å². The van der Waals surface area contributed by atoms with E-state index in [2.05, 4.69) is 28.4 Å². The van der Waals surface area contributed by atoms with Gasteiger partial charge in [0.05, 0.1) is 10.2 Å². The van der Waals surface area contributed by atoms with E-state index in [1.54, 1.807) is 16.9 Å². The lowest BCUT2D eigenvalue weighted by molar-refractivity contribution is 0.101. The van der Waals surface area contributed by atoms with Gasteiger partial charge in [-0.15, -0.1) is 0 Å². The first-order valence-electron chi connectivity index (χ1n) is 6.87. The number of rotatable bonds is 4. The van der Waals surface area contributed by atoms with E-state index < -0.39 is 0 Å². The van der Waals surface area contributed by atoms with Gasteiger partial charge >= 0.3 is 0 Å². The van der Waals surface area contributed by atoms with Crippen LogP contribution < -0.4 is 5.32 Å². The first kappa shape index (κ1) is 13.8. The molecule has 1 amide bonds. The van der Waals surface area contributed by atoms with E-state index in [4.69, 9.17) is 0 Å². The van der Waals surface area contributed by atoms with Crippen LogP contribution in [-0.2, 0) is 6.54 Å². The fourth-order valence-electron chi connectivity index (χ4n) is 2.16. The standard InChI is InChI=1S/C15H16N4OS/c1-3-8-19-12(6-7-16-19)14(20)18-15-17-11-5-4-10(2)9-13(11)21-15/h4-7,9H,3,8H2,1-2H3,(H,17,18,20).